The summed E-state index contributed by atoms with van der Waals surface area (Å²) < 4.78 is 0. The number of likely N-dealkylation sites (tertiary alicyclic amines) is 1. The molecule has 1 aliphatic carbocycles. The highest BCUT2D eigenvalue weighted by Gasteiger charge is 2.29. The van der Waals surface area contributed by atoms with E-state index in [1.807, 2.05) is 0 Å². The highest BCUT2D eigenvalue weighted by molar-refractivity contribution is 4.85. The minimum Gasteiger partial charge on any atom is -0.315 e. The lowest BCUT2D eigenvalue weighted by molar-refractivity contribution is 0.0722. The van der Waals surface area contributed by atoms with Crippen LogP contribution in [0.1, 0.15) is 64.7 Å². The summed E-state index contributed by atoms with van der Waals surface area (Å²) in [5, 5.41) is 3.63. The minimum absolute atomic E-state index is 0.832. The summed E-state index contributed by atoms with van der Waals surface area (Å²) in [6, 6.07) is 1.75. The van der Waals surface area contributed by atoms with Crippen molar-refractivity contribution in [1.82, 2.24) is 10.2 Å². The Kier molecular flexibility index (Phi) is 5.79. The Morgan fingerprint density at radius 1 is 1.00 bits per heavy atom. The number of nitrogens with zero attached hydrogens (tertiary/aromatic N) is 1. The van der Waals surface area contributed by atoms with E-state index >= 15 is 0 Å². The molecule has 1 heterocycles. The molecule has 1 saturated heterocycles. The van der Waals surface area contributed by atoms with E-state index in [4.69, 9.17) is 0 Å². The van der Waals surface area contributed by atoms with Crippen molar-refractivity contribution in [2.45, 2.75) is 76.8 Å². The van der Waals surface area contributed by atoms with Gasteiger partial charge >= 0.3 is 0 Å². The predicted octanol–water partition coefficient (Wildman–Crippen LogP) is 3.17. The van der Waals surface area contributed by atoms with Gasteiger partial charge in [0, 0.05) is 18.6 Å². The Morgan fingerprint density at radius 3 is 2.53 bits per heavy atom. The molecule has 1 saturated carbocycles. The number of hydrogen-bond acceptors (Lipinski definition) is 2. The van der Waals surface area contributed by atoms with Gasteiger partial charge in [-0.2, -0.15) is 0 Å². The molecule has 0 aromatic heterocycles. The summed E-state index contributed by atoms with van der Waals surface area (Å²) in [4.78, 5) is 2.85. The van der Waals surface area contributed by atoms with Gasteiger partial charge in [0.2, 0.25) is 0 Å². The number of piperidine rings is 1. The summed E-state index contributed by atoms with van der Waals surface area (Å²) in [5.41, 5.74) is 0. The molecule has 0 aromatic rings. The zero-order valence-corrected chi connectivity index (χ0v) is 11.6. The molecule has 2 heteroatoms. The van der Waals surface area contributed by atoms with E-state index in [2.05, 4.69) is 17.1 Å². The van der Waals surface area contributed by atoms with Crippen LogP contribution in [0, 0.1) is 0 Å². The van der Waals surface area contributed by atoms with Crippen molar-refractivity contribution in [3.63, 3.8) is 0 Å². The molecule has 2 nitrogen and oxygen atoms in total. The van der Waals surface area contributed by atoms with Crippen LogP contribution in [0.2, 0.25) is 0 Å². The van der Waals surface area contributed by atoms with E-state index < -0.39 is 0 Å². The maximum absolute atomic E-state index is 3.63. The van der Waals surface area contributed by atoms with Gasteiger partial charge in [-0.25, -0.2) is 0 Å². The number of hydrogen-bond donors (Lipinski definition) is 1. The normalized spacial score (nSPS) is 28.4. The van der Waals surface area contributed by atoms with Crippen LogP contribution < -0.4 is 5.32 Å². The third-order valence-electron chi connectivity index (χ3n) is 4.52. The van der Waals surface area contributed by atoms with E-state index in [1.54, 1.807) is 0 Å². The molecular weight excluding hydrogens is 208 g/mol. The first-order valence-electron chi connectivity index (χ1n) is 7.88. The highest BCUT2D eigenvalue weighted by atomic mass is 15.2. The highest BCUT2D eigenvalue weighted by Crippen LogP contribution is 2.28. The third-order valence-corrected chi connectivity index (χ3v) is 4.52. The van der Waals surface area contributed by atoms with Crippen LogP contribution in [0.15, 0.2) is 0 Å². The zero-order valence-electron chi connectivity index (χ0n) is 11.6. The van der Waals surface area contributed by atoms with E-state index in [1.165, 1.54) is 77.4 Å². The zero-order chi connectivity index (χ0) is 11.9. The fraction of sp³-hybridized carbons (Fsp3) is 1.00. The van der Waals surface area contributed by atoms with E-state index in [0.717, 1.165) is 12.1 Å². The van der Waals surface area contributed by atoms with Crippen molar-refractivity contribution in [3.05, 3.63) is 0 Å². The molecule has 1 unspecified atom stereocenters. The molecule has 2 rings (SSSR count). The maximum Gasteiger partial charge on any atom is 0.0223 e. The van der Waals surface area contributed by atoms with Crippen LogP contribution >= 0.6 is 0 Å². The number of nitrogens with one attached hydrogen (secondary N) is 1. The summed E-state index contributed by atoms with van der Waals surface area (Å²) >= 11 is 0. The van der Waals surface area contributed by atoms with Crippen LogP contribution in [0.5, 0.6) is 0 Å². The molecule has 1 N–H and O–H groups in total. The topological polar surface area (TPSA) is 15.3 Å². The van der Waals surface area contributed by atoms with Gasteiger partial charge in [0.1, 0.15) is 0 Å². The standard InChI is InChI=1S/C15H30N2/c1-2-11-16-13-15-10-6-7-12-17(15)14-8-4-3-5-9-14/h14-16H,2-13H2,1H3. The van der Waals surface area contributed by atoms with Crippen molar-refractivity contribution in [2.24, 2.45) is 0 Å². The van der Waals surface area contributed by atoms with Crippen LogP contribution in [-0.4, -0.2) is 36.6 Å². The first-order chi connectivity index (χ1) is 8.42. The van der Waals surface area contributed by atoms with Gasteiger partial charge in [-0.15, -0.1) is 0 Å². The number of rotatable bonds is 5. The molecule has 0 bridgehead atoms. The van der Waals surface area contributed by atoms with Gasteiger partial charge in [0.25, 0.3) is 0 Å². The first-order valence-corrected chi connectivity index (χ1v) is 7.88. The molecule has 0 amide bonds. The lowest BCUT2D eigenvalue weighted by Gasteiger charge is -2.43. The molecule has 0 spiro atoms. The van der Waals surface area contributed by atoms with Crippen molar-refractivity contribution >= 4 is 0 Å². The fourth-order valence-electron chi connectivity index (χ4n) is 3.58. The predicted molar refractivity (Wildman–Crippen MR) is 74.4 cm³/mol. The summed E-state index contributed by atoms with van der Waals surface area (Å²) in [6.45, 7) is 6.04. The molecule has 100 valence electrons. The van der Waals surface area contributed by atoms with Gasteiger partial charge < -0.3 is 5.32 Å². The van der Waals surface area contributed by atoms with Gasteiger partial charge in [-0.3, -0.25) is 4.90 Å². The monoisotopic (exact) mass is 238 g/mol. The smallest absolute Gasteiger partial charge is 0.0223 e. The second-order valence-corrected chi connectivity index (χ2v) is 5.88. The van der Waals surface area contributed by atoms with Crippen LogP contribution in [0.25, 0.3) is 0 Å². The summed E-state index contributed by atoms with van der Waals surface area (Å²) in [7, 11) is 0. The average molecular weight is 238 g/mol. The molecule has 0 aromatic carbocycles. The van der Waals surface area contributed by atoms with Gasteiger partial charge in [-0.05, 0) is 45.2 Å². The first kappa shape index (κ1) is 13.4. The van der Waals surface area contributed by atoms with E-state index in [-0.39, 0.29) is 0 Å². The van der Waals surface area contributed by atoms with Crippen LogP contribution in [-0.2, 0) is 0 Å². The molecule has 1 atom stereocenters. The second-order valence-electron chi connectivity index (χ2n) is 5.88. The lowest BCUT2D eigenvalue weighted by atomic mass is 9.90. The Labute approximate surface area is 107 Å². The second kappa shape index (κ2) is 7.38. The average Bonchev–Trinajstić information content (AvgIpc) is 2.41. The fourth-order valence-corrected chi connectivity index (χ4v) is 3.58. The van der Waals surface area contributed by atoms with E-state index in [0.29, 0.717) is 0 Å². The largest absolute Gasteiger partial charge is 0.315 e. The van der Waals surface area contributed by atoms with Crippen LogP contribution in [0.3, 0.4) is 0 Å². The Balaban J connectivity index is 1.82. The maximum atomic E-state index is 3.63. The Hall–Kier alpha value is -0.0800. The van der Waals surface area contributed by atoms with Crippen molar-refractivity contribution in [1.29, 1.82) is 0 Å². The van der Waals surface area contributed by atoms with Crippen molar-refractivity contribution in [3.8, 4) is 0 Å². The SMILES string of the molecule is CCCNCC1CCCCN1C1CCCCC1. The molecule has 1 aliphatic heterocycles. The van der Waals surface area contributed by atoms with Crippen molar-refractivity contribution in [2.75, 3.05) is 19.6 Å². The summed E-state index contributed by atoms with van der Waals surface area (Å²) in [5.74, 6) is 0. The lowest BCUT2D eigenvalue weighted by Crippen LogP contribution is -2.51. The quantitative estimate of drug-likeness (QED) is 0.740. The van der Waals surface area contributed by atoms with Crippen molar-refractivity contribution < 1.29 is 0 Å². The van der Waals surface area contributed by atoms with Gasteiger partial charge in [0.15, 0.2) is 0 Å². The molecule has 2 fully saturated rings. The van der Waals surface area contributed by atoms with Gasteiger partial charge in [-0.1, -0.05) is 32.6 Å². The molecular formula is C15H30N2. The van der Waals surface area contributed by atoms with Gasteiger partial charge in [0.05, 0.1) is 0 Å². The van der Waals surface area contributed by atoms with Crippen LogP contribution in [0.4, 0.5) is 0 Å². The summed E-state index contributed by atoms with van der Waals surface area (Å²) in [6.07, 6.45) is 12.9. The Bertz CT molecular complexity index is 199. The molecule has 17 heavy (non-hydrogen) atoms. The van der Waals surface area contributed by atoms with E-state index in [9.17, 15) is 0 Å². The third kappa shape index (κ3) is 3.96. The Morgan fingerprint density at radius 2 is 1.76 bits per heavy atom. The minimum atomic E-state index is 0.832. The molecule has 0 radical (unpaired) electrons. The molecule has 2 aliphatic rings.